The summed E-state index contributed by atoms with van der Waals surface area (Å²) in [5.41, 5.74) is 1.85. The lowest BCUT2D eigenvalue weighted by molar-refractivity contribution is 0.102. The summed E-state index contributed by atoms with van der Waals surface area (Å²) in [5.74, 6) is -1.64. The number of carbonyl (C=O) groups is 1. The number of nitrogens with one attached hydrogen (secondary N) is 1. The van der Waals surface area contributed by atoms with Crippen molar-refractivity contribution in [2.45, 2.75) is 17.8 Å². The van der Waals surface area contributed by atoms with Gasteiger partial charge in [0.25, 0.3) is 5.91 Å². The third-order valence-electron chi connectivity index (χ3n) is 4.25. The Morgan fingerprint density at radius 1 is 1.16 bits per heavy atom. The number of anilines is 1. The Hall–Kier alpha value is -2.95. The van der Waals surface area contributed by atoms with Crippen LogP contribution in [0.5, 0.6) is 0 Å². The van der Waals surface area contributed by atoms with Gasteiger partial charge in [0.1, 0.15) is 5.82 Å². The quantitative estimate of drug-likeness (QED) is 0.428. The van der Waals surface area contributed by atoms with E-state index in [0.29, 0.717) is 10.7 Å². The number of amides is 1. The van der Waals surface area contributed by atoms with Crippen LogP contribution in [0.1, 0.15) is 21.6 Å². The molecule has 2 aromatic heterocycles. The van der Waals surface area contributed by atoms with Crippen molar-refractivity contribution in [1.29, 1.82) is 0 Å². The lowest BCUT2D eigenvalue weighted by Gasteiger charge is -2.07. The van der Waals surface area contributed by atoms with Gasteiger partial charge in [0.15, 0.2) is 10.8 Å². The highest BCUT2D eigenvalue weighted by atomic mass is 35.5. The topological polar surface area (TPSA) is 102 Å². The molecule has 0 bridgehead atoms. The van der Waals surface area contributed by atoms with Crippen LogP contribution in [0, 0.1) is 12.7 Å². The fourth-order valence-electron chi connectivity index (χ4n) is 2.77. The molecule has 0 saturated carbocycles. The molecule has 0 aliphatic heterocycles. The van der Waals surface area contributed by atoms with Gasteiger partial charge < -0.3 is 0 Å². The Labute approximate surface area is 185 Å². The van der Waals surface area contributed by atoms with E-state index >= 15 is 0 Å². The average molecular weight is 477 g/mol. The lowest BCUT2D eigenvalue weighted by Crippen LogP contribution is -2.18. The Morgan fingerprint density at radius 3 is 2.65 bits per heavy atom. The van der Waals surface area contributed by atoms with Crippen LogP contribution in [-0.2, 0) is 15.6 Å². The number of carbonyl (C=O) groups excluding carboxylic acids is 1. The van der Waals surface area contributed by atoms with Crippen LogP contribution in [0.25, 0.3) is 10.2 Å². The first kappa shape index (κ1) is 21.3. The predicted octanol–water partition coefficient (Wildman–Crippen LogP) is 4.41. The van der Waals surface area contributed by atoms with Gasteiger partial charge in [-0.3, -0.25) is 10.1 Å². The Balaban J connectivity index is 1.60. The van der Waals surface area contributed by atoms with E-state index in [1.165, 1.54) is 23.5 Å². The van der Waals surface area contributed by atoms with Crippen molar-refractivity contribution in [2.75, 3.05) is 5.32 Å². The first-order valence-electron chi connectivity index (χ1n) is 8.89. The number of sulfone groups is 1. The van der Waals surface area contributed by atoms with Crippen LogP contribution in [0.4, 0.5) is 9.52 Å². The summed E-state index contributed by atoms with van der Waals surface area (Å²) in [4.78, 5) is 24.7. The molecular weight excluding hydrogens is 463 g/mol. The molecule has 1 amide bonds. The molecule has 0 saturated heterocycles. The molecule has 4 rings (SSSR count). The first-order chi connectivity index (χ1) is 14.7. The summed E-state index contributed by atoms with van der Waals surface area (Å²) in [6, 6.07) is 10.7. The monoisotopic (exact) mass is 476 g/mol. The molecule has 158 valence electrons. The normalized spacial score (nSPS) is 11.6. The van der Waals surface area contributed by atoms with Gasteiger partial charge >= 0.3 is 0 Å². The van der Waals surface area contributed by atoms with Gasteiger partial charge in [0, 0.05) is 0 Å². The Bertz CT molecular complexity index is 1410. The number of aryl methyl sites for hydroxylation is 1. The van der Waals surface area contributed by atoms with E-state index in [-0.39, 0.29) is 10.7 Å². The van der Waals surface area contributed by atoms with Gasteiger partial charge in [-0.1, -0.05) is 41.1 Å². The maximum Gasteiger partial charge on any atom is 0.277 e. The molecule has 0 fully saturated rings. The van der Waals surface area contributed by atoms with Crippen molar-refractivity contribution in [1.82, 2.24) is 15.0 Å². The van der Waals surface area contributed by atoms with Crippen molar-refractivity contribution in [3.05, 3.63) is 76.3 Å². The molecule has 4 aromatic rings. The molecule has 0 aliphatic rings. The highest BCUT2D eigenvalue weighted by molar-refractivity contribution is 7.90. The smallest absolute Gasteiger partial charge is 0.277 e. The minimum absolute atomic E-state index is 0.102. The van der Waals surface area contributed by atoms with Gasteiger partial charge in [-0.05, 0) is 42.3 Å². The van der Waals surface area contributed by atoms with Crippen molar-refractivity contribution in [3.8, 4) is 0 Å². The number of fused-ring (bicyclic) bond motifs is 1. The maximum absolute atomic E-state index is 13.1. The maximum atomic E-state index is 13.1. The van der Waals surface area contributed by atoms with Gasteiger partial charge in [-0.15, -0.1) is 0 Å². The van der Waals surface area contributed by atoms with Gasteiger partial charge in [0.05, 0.1) is 27.2 Å². The Kier molecular flexibility index (Phi) is 5.69. The second-order valence-corrected chi connectivity index (χ2v) is 10.0. The van der Waals surface area contributed by atoms with Gasteiger partial charge in [-0.2, -0.15) is 0 Å². The highest BCUT2D eigenvalue weighted by Crippen LogP contribution is 2.27. The first-order valence-corrected chi connectivity index (χ1v) is 11.7. The summed E-state index contributed by atoms with van der Waals surface area (Å²) in [6.07, 6.45) is 1.06. The third-order valence-corrected chi connectivity index (χ3v) is 6.93. The van der Waals surface area contributed by atoms with Crippen LogP contribution in [0.3, 0.4) is 0 Å². The van der Waals surface area contributed by atoms with E-state index in [4.69, 9.17) is 11.6 Å². The molecule has 31 heavy (non-hydrogen) atoms. The summed E-state index contributed by atoms with van der Waals surface area (Å²) in [6.45, 7) is 1.95. The molecule has 0 aliphatic carbocycles. The van der Waals surface area contributed by atoms with Gasteiger partial charge in [0.2, 0.25) is 15.0 Å². The van der Waals surface area contributed by atoms with E-state index in [2.05, 4.69) is 20.3 Å². The van der Waals surface area contributed by atoms with Crippen LogP contribution < -0.4 is 5.32 Å². The average Bonchev–Trinajstić information content (AvgIpc) is 3.11. The number of rotatable bonds is 5. The standard InChI is InChI=1S/C20H14ClFN4O3S2/c1-11-2-7-15-16(8-11)30-19(24-15)26-18(27)17-14(21)9-23-20(25-17)31(28,29)10-12-3-5-13(22)6-4-12/h2-9H,10H2,1H3,(H,24,26,27). The van der Waals surface area contributed by atoms with Crippen molar-refractivity contribution in [2.24, 2.45) is 0 Å². The van der Waals surface area contributed by atoms with Crippen LogP contribution in [-0.4, -0.2) is 29.3 Å². The van der Waals surface area contributed by atoms with Crippen LogP contribution in [0.2, 0.25) is 5.02 Å². The van der Waals surface area contributed by atoms with Crippen molar-refractivity contribution >= 4 is 54.0 Å². The lowest BCUT2D eigenvalue weighted by atomic mass is 10.2. The van der Waals surface area contributed by atoms with E-state index < -0.39 is 32.5 Å². The molecule has 1 N–H and O–H groups in total. The van der Waals surface area contributed by atoms with E-state index in [0.717, 1.165) is 34.1 Å². The number of halogens is 2. The number of thiazole rings is 1. The second kappa shape index (κ2) is 8.29. The van der Waals surface area contributed by atoms with E-state index in [9.17, 15) is 17.6 Å². The number of nitrogens with zero attached hydrogens (tertiary/aromatic N) is 3. The molecule has 7 nitrogen and oxygen atoms in total. The zero-order chi connectivity index (χ0) is 22.2. The molecule has 0 radical (unpaired) electrons. The number of aromatic nitrogens is 3. The zero-order valence-corrected chi connectivity index (χ0v) is 18.4. The fourth-order valence-corrected chi connectivity index (χ4v) is 5.11. The summed E-state index contributed by atoms with van der Waals surface area (Å²) in [5, 5.41) is 2.28. The molecule has 0 atom stereocenters. The molecule has 0 spiro atoms. The number of hydrogen-bond donors (Lipinski definition) is 1. The van der Waals surface area contributed by atoms with E-state index in [1.54, 1.807) is 0 Å². The molecule has 2 heterocycles. The summed E-state index contributed by atoms with van der Waals surface area (Å²) < 4.78 is 39.3. The van der Waals surface area contributed by atoms with Gasteiger partial charge in [-0.25, -0.2) is 27.8 Å². The van der Waals surface area contributed by atoms with Crippen LogP contribution in [0.15, 0.2) is 53.8 Å². The van der Waals surface area contributed by atoms with E-state index in [1.807, 2.05) is 25.1 Å². The minimum Gasteiger partial charge on any atom is -0.296 e. The molecular formula is C20H14ClFN4O3S2. The third kappa shape index (κ3) is 4.71. The molecule has 11 heteroatoms. The van der Waals surface area contributed by atoms with Crippen molar-refractivity contribution in [3.63, 3.8) is 0 Å². The van der Waals surface area contributed by atoms with Crippen LogP contribution >= 0.6 is 22.9 Å². The SMILES string of the molecule is Cc1ccc2nc(NC(=O)c3nc(S(=O)(=O)Cc4ccc(F)cc4)ncc3Cl)sc2c1. The number of benzene rings is 2. The largest absolute Gasteiger partial charge is 0.296 e. The Morgan fingerprint density at radius 2 is 1.90 bits per heavy atom. The fraction of sp³-hybridized carbons (Fsp3) is 0.100. The second-order valence-electron chi connectivity index (χ2n) is 6.68. The highest BCUT2D eigenvalue weighted by Gasteiger charge is 2.23. The van der Waals surface area contributed by atoms with Crippen molar-refractivity contribution < 1.29 is 17.6 Å². The summed E-state index contributed by atoms with van der Waals surface area (Å²) >= 11 is 7.32. The number of hydrogen-bond acceptors (Lipinski definition) is 7. The summed E-state index contributed by atoms with van der Waals surface area (Å²) in [7, 11) is -3.99. The zero-order valence-electron chi connectivity index (χ0n) is 16.0. The predicted molar refractivity (Wildman–Crippen MR) is 117 cm³/mol. The minimum atomic E-state index is -3.99. The molecule has 2 aromatic carbocycles. The molecule has 0 unspecified atom stereocenters.